The molecule has 0 aliphatic carbocycles. The van der Waals surface area contributed by atoms with Crippen LogP contribution >= 0.6 is 0 Å². The molecule has 0 aromatic heterocycles. The van der Waals surface area contributed by atoms with Gasteiger partial charge in [-0.15, -0.1) is 0 Å². The molecule has 0 spiro atoms. The first-order valence-corrected chi connectivity index (χ1v) is 6.93. The summed E-state index contributed by atoms with van der Waals surface area (Å²) in [6.45, 7) is 4.87. The number of carboxylic acids is 1. The smallest absolute Gasteiger partial charge is 0.320 e. The van der Waals surface area contributed by atoms with Crippen LogP contribution in [0.25, 0.3) is 0 Å². The minimum absolute atomic E-state index is 0.0906. The Labute approximate surface area is 118 Å². The fourth-order valence-electron chi connectivity index (χ4n) is 2.56. The summed E-state index contributed by atoms with van der Waals surface area (Å²) in [7, 11) is 0. The van der Waals surface area contributed by atoms with Crippen molar-refractivity contribution in [3.8, 4) is 0 Å². The molecule has 20 heavy (non-hydrogen) atoms. The van der Waals surface area contributed by atoms with Crippen LogP contribution in [0.4, 0.5) is 4.79 Å². The summed E-state index contributed by atoms with van der Waals surface area (Å²) in [5, 5.41) is 8.82. The quantitative estimate of drug-likeness (QED) is 0.767. The van der Waals surface area contributed by atoms with Gasteiger partial charge < -0.3 is 20.6 Å². The molecule has 0 bridgehead atoms. The second kappa shape index (κ2) is 7.12. The summed E-state index contributed by atoms with van der Waals surface area (Å²) < 4.78 is 0. The van der Waals surface area contributed by atoms with Gasteiger partial charge >= 0.3 is 12.0 Å². The van der Waals surface area contributed by atoms with Crippen LogP contribution in [0.3, 0.4) is 0 Å². The highest BCUT2D eigenvalue weighted by molar-refractivity contribution is 5.80. The lowest BCUT2D eigenvalue weighted by Crippen LogP contribution is -2.52. The Morgan fingerprint density at radius 1 is 1.45 bits per heavy atom. The Morgan fingerprint density at radius 3 is 2.60 bits per heavy atom. The number of urea groups is 1. The first kappa shape index (κ1) is 16.3. The van der Waals surface area contributed by atoms with E-state index < -0.39 is 5.97 Å². The molecule has 0 saturated carbocycles. The van der Waals surface area contributed by atoms with E-state index >= 15 is 0 Å². The average Bonchev–Trinajstić information content (AvgIpc) is 2.38. The molecule has 0 aromatic carbocycles. The Balaban J connectivity index is 2.70. The highest BCUT2D eigenvalue weighted by Crippen LogP contribution is 2.18. The number of amides is 3. The lowest BCUT2D eigenvalue weighted by Gasteiger charge is -2.37. The van der Waals surface area contributed by atoms with Gasteiger partial charge in [-0.1, -0.05) is 0 Å². The van der Waals surface area contributed by atoms with Crippen LogP contribution in [-0.4, -0.2) is 58.5 Å². The SMILES string of the molecule is CCN(C(=O)N1CCCC(C(N)=O)C1)C(C)CC(=O)O. The van der Waals surface area contributed by atoms with Crippen molar-refractivity contribution < 1.29 is 19.5 Å². The lowest BCUT2D eigenvalue weighted by atomic mass is 9.98. The Morgan fingerprint density at radius 2 is 2.10 bits per heavy atom. The van der Waals surface area contributed by atoms with Gasteiger partial charge in [-0.2, -0.15) is 0 Å². The van der Waals surface area contributed by atoms with Crippen LogP contribution in [0.5, 0.6) is 0 Å². The molecule has 114 valence electrons. The van der Waals surface area contributed by atoms with Gasteiger partial charge in [0.2, 0.25) is 5.91 Å². The minimum atomic E-state index is -0.933. The zero-order chi connectivity index (χ0) is 15.3. The molecule has 3 amide bonds. The summed E-state index contributed by atoms with van der Waals surface area (Å²) in [6, 6.07) is -0.592. The number of carbonyl (C=O) groups is 3. The van der Waals surface area contributed by atoms with E-state index in [9.17, 15) is 14.4 Å². The molecule has 1 fully saturated rings. The number of nitrogens with zero attached hydrogens (tertiary/aromatic N) is 2. The monoisotopic (exact) mass is 285 g/mol. The highest BCUT2D eigenvalue weighted by atomic mass is 16.4. The topological polar surface area (TPSA) is 104 Å². The number of hydrogen-bond donors (Lipinski definition) is 2. The van der Waals surface area contributed by atoms with Crippen molar-refractivity contribution in [3.05, 3.63) is 0 Å². The van der Waals surface area contributed by atoms with Gasteiger partial charge in [-0.25, -0.2) is 4.79 Å². The fraction of sp³-hybridized carbons (Fsp3) is 0.769. The van der Waals surface area contributed by atoms with E-state index in [2.05, 4.69) is 0 Å². The number of likely N-dealkylation sites (tertiary alicyclic amines) is 1. The molecule has 1 heterocycles. The molecule has 7 heteroatoms. The van der Waals surface area contributed by atoms with Gasteiger partial charge in [-0.05, 0) is 26.7 Å². The molecule has 1 rings (SSSR count). The lowest BCUT2D eigenvalue weighted by molar-refractivity contribution is -0.138. The van der Waals surface area contributed by atoms with Crippen molar-refractivity contribution in [3.63, 3.8) is 0 Å². The maximum atomic E-state index is 12.4. The number of primary amides is 1. The number of carboxylic acid groups (broad SMARTS) is 1. The molecular formula is C13H23N3O4. The van der Waals surface area contributed by atoms with E-state index in [0.29, 0.717) is 26.1 Å². The largest absolute Gasteiger partial charge is 0.481 e. The number of carbonyl (C=O) groups excluding carboxylic acids is 2. The van der Waals surface area contributed by atoms with E-state index in [-0.39, 0.29) is 30.3 Å². The normalized spacial score (nSPS) is 20.3. The maximum absolute atomic E-state index is 12.4. The van der Waals surface area contributed by atoms with Crippen molar-refractivity contribution in [2.45, 2.75) is 39.2 Å². The molecule has 0 radical (unpaired) electrons. The zero-order valence-electron chi connectivity index (χ0n) is 12.0. The summed E-state index contributed by atoms with van der Waals surface area (Å²) in [6.07, 6.45) is 1.35. The van der Waals surface area contributed by atoms with Crippen LogP contribution in [-0.2, 0) is 9.59 Å². The number of hydrogen-bond acceptors (Lipinski definition) is 3. The third-order valence-electron chi connectivity index (χ3n) is 3.68. The van der Waals surface area contributed by atoms with E-state index in [0.717, 1.165) is 6.42 Å². The van der Waals surface area contributed by atoms with Crippen LogP contribution in [0.15, 0.2) is 0 Å². The molecule has 0 aromatic rings. The predicted octanol–water partition coefficient (Wildman–Crippen LogP) is 0.489. The fourth-order valence-corrected chi connectivity index (χ4v) is 2.56. The van der Waals surface area contributed by atoms with E-state index in [1.54, 1.807) is 11.8 Å². The molecule has 1 aliphatic heterocycles. The molecule has 2 unspecified atom stereocenters. The molecule has 1 aliphatic rings. The molecule has 1 saturated heterocycles. The van der Waals surface area contributed by atoms with Crippen LogP contribution in [0.1, 0.15) is 33.1 Å². The summed E-state index contributed by atoms with van der Waals surface area (Å²) in [5.74, 6) is -1.62. The molecule has 3 N–H and O–H groups in total. The van der Waals surface area contributed by atoms with Crippen LogP contribution < -0.4 is 5.73 Å². The highest BCUT2D eigenvalue weighted by Gasteiger charge is 2.31. The number of rotatable bonds is 5. The second-order valence-corrected chi connectivity index (χ2v) is 5.20. The average molecular weight is 285 g/mol. The third-order valence-corrected chi connectivity index (χ3v) is 3.68. The van der Waals surface area contributed by atoms with E-state index in [1.807, 2.05) is 6.92 Å². The number of nitrogens with two attached hydrogens (primary N) is 1. The Hall–Kier alpha value is -1.79. The van der Waals surface area contributed by atoms with Crippen LogP contribution in [0.2, 0.25) is 0 Å². The number of aliphatic carboxylic acids is 1. The van der Waals surface area contributed by atoms with Crippen molar-refractivity contribution in [1.82, 2.24) is 9.80 Å². The molecule has 7 nitrogen and oxygen atoms in total. The summed E-state index contributed by atoms with van der Waals surface area (Å²) in [4.78, 5) is 37.5. The van der Waals surface area contributed by atoms with Crippen molar-refractivity contribution in [1.29, 1.82) is 0 Å². The van der Waals surface area contributed by atoms with Gasteiger partial charge in [0.05, 0.1) is 12.3 Å². The zero-order valence-corrected chi connectivity index (χ0v) is 12.0. The molecule has 2 atom stereocenters. The third kappa shape index (κ3) is 4.11. The first-order chi connectivity index (χ1) is 9.36. The van der Waals surface area contributed by atoms with E-state index in [4.69, 9.17) is 10.8 Å². The van der Waals surface area contributed by atoms with E-state index in [1.165, 1.54) is 4.90 Å². The standard InChI is InChI=1S/C13H23N3O4/c1-3-16(9(2)7-11(17)18)13(20)15-6-4-5-10(8-15)12(14)19/h9-10H,3-8H2,1-2H3,(H2,14,19)(H,17,18). The Kier molecular flexibility index (Phi) is 5.79. The van der Waals surface area contributed by atoms with Crippen molar-refractivity contribution in [2.24, 2.45) is 11.7 Å². The second-order valence-electron chi connectivity index (χ2n) is 5.20. The van der Waals surface area contributed by atoms with Gasteiger partial charge in [0.15, 0.2) is 0 Å². The van der Waals surface area contributed by atoms with Crippen molar-refractivity contribution in [2.75, 3.05) is 19.6 Å². The Bertz CT molecular complexity index is 386. The summed E-state index contributed by atoms with van der Waals surface area (Å²) in [5.41, 5.74) is 5.30. The van der Waals surface area contributed by atoms with Gasteiger partial charge in [0.1, 0.15) is 0 Å². The number of piperidine rings is 1. The first-order valence-electron chi connectivity index (χ1n) is 6.93. The van der Waals surface area contributed by atoms with Crippen LogP contribution in [0, 0.1) is 5.92 Å². The minimum Gasteiger partial charge on any atom is -0.481 e. The molecular weight excluding hydrogens is 262 g/mol. The maximum Gasteiger partial charge on any atom is 0.320 e. The summed E-state index contributed by atoms with van der Waals surface area (Å²) >= 11 is 0. The van der Waals surface area contributed by atoms with Gasteiger partial charge in [0, 0.05) is 25.7 Å². The van der Waals surface area contributed by atoms with Crippen molar-refractivity contribution >= 4 is 17.9 Å². The predicted molar refractivity (Wildman–Crippen MR) is 73.0 cm³/mol. The van der Waals surface area contributed by atoms with Gasteiger partial charge in [0.25, 0.3) is 0 Å². The van der Waals surface area contributed by atoms with Gasteiger partial charge in [-0.3, -0.25) is 9.59 Å².